The van der Waals surface area contributed by atoms with Crippen LogP contribution in [-0.2, 0) is 10.8 Å². The van der Waals surface area contributed by atoms with E-state index in [4.69, 9.17) is 0 Å². The molecule has 0 saturated heterocycles. The molecule has 0 aliphatic heterocycles. The molecule has 0 fully saturated rings. The minimum Gasteiger partial charge on any atom is -0.385 e. The van der Waals surface area contributed by atoms with E-state index >= 15 is 0 Å². The first-order valence-electron chi connectivity index (χ1n) is 6.47. The lowest BCUT2D eigenvalue weighted by Crippen LogP contribution is -2.33. The van der Waals surface area contributed by atoms with Crippen LogP contribution in [0.3, 0.4) is 0 Å². The number of hydrogen-bond acceptors (Lipinski definition) is 3. The van der Waals surface area contributed by atoms with Gasteiger partial charge in [0.2, 0.25) is 0 Å². The third kappa shape index (κ3) is 5.87. The smallest absolute Gasteiger partial charge is 0.251 e. The van der Waals surface area contributed by atoms with Crippen LogP contribution in [0, 0.1) is 0 Å². The van der Waals surface area contributed by atoms with Crippen molar-refractivity contribution >= 4 is 22.4 Å². The fourth-order valence-corrected chi connectivity index (χ4v) is 2.35. The first-order chi connectivity index (χ1) is 9.02. The van der Waals surface area contributed by atoms with Crippen LogP contribution in [0.15, 0.2) is 24.3 Å². The number of rotatable bonds is 7. The summed E-state index contributed by atoms with van der Waals surface area (Å²) in [4.78, 5) is 12.0. The average molecular weight is 282 g/mol. The Bertz CT molecular complexity index is 432. The quantitative estimate of drug-likeness (QED) is 0.804. The van der Waals surface area contributed by atoms with Crippen LogP contribution in [0.25, 0.3) is 0 Å². The van der Waals surface area contributed by atoms with Gasteiger partial charge in [0.05, 0.1) is 0 Å². The minimum atomic E-state index is -0.811. The summed E-state index contributed by atoms with van der Waals surface area (Å²) in [6.45, 7) is 4.81. The van der Waals surface area contributed by atoms with Crippen LogP contribution in [0.4, 0.5) is 5.69 Å². The maximum absolute atomic E-state index is 12.0. The van der Waals surface area contributed by atoms with Crippen molar-refractivity contribution in [1.82, 2.24) is 5.32 Å². The Kier molecular flexibility index (Phi) is 6.56. The van der Waals surface area contributed by atoms with Crippen molar-refractivity contribution in [2.75, 3.05) is 23.9 Å². The molecule has 0 aromatic heterocycles. The van der Waals surface area contributed by atoms with E-state index in [-0.39, 0.29) is 11.9 Å². The second-order valence-electron chi connectivity index (χ2n) is 4.55. The van der Waals surface area contributed by atoms with Crippen molar-refractivity contribution in [3.63, 3.8) is 0 Å². The van der Waals surface area contributed by atoms with Crippen LogP contribution in [-0.4, -0.2) is 34.7 Å². The normalized spacial score (nSPS) is 13.6. The molecule has 19 heavy (non-hydrogen) atoms. The summed E-state index contributed by atoms with van der Waals surface area (Å²) in [5.41, 5.74) is 1.65. The van der Waals surface area contributed by atoms with Gasteiger partial charge in [-0.1, -0.05) is 0 Å². The molecule has 2 unspecified atom stereocenters. The van der Waals surface area contributed by atoms with E-state index in [0.717, 1.165) is 18.7 Å². The number of hydrogen-bond donors (Lipinski definition) is 2. The Hall–Kier alpha value is -1.36. The van der Waals surface area contributed by atoms with Crippen molar-refractivity contribution < 1.29 is 9.00 Å². The second kappa shape index (κ2) is 7.94. The molecule has 2 atom stereocenters. The highest BCUT2D eigenvalue weighted by Gasteiger charge is 2.10. The lowest BCUT2D eigenvalue weighted by atomic mass is 10.1. The van der Waals surface area contributed by atoms with Gasteiger partial charge < -0.3 is 10.6 Å². The SMILES string of the molecule is CCNc1ccc(C(=O)NC(C)CCS(C)=O)cc1. The summed E-state index contributed by atoms with van der Waals surface area (Å²) in [6, 6.07) is 7.43. The van der Waals surface area contributed by atoms with Gasteiger partial charge >= 0.3 is 0 Å². The maximum Gasteiger partial charge on any atom is 0.251 e. The van der Waals surface area contributed by atoms with Gasteiger partial charge in [-0.3, -0.25) is 9.00 Å². The van der Waals surface area contributed by atoms with Crippen molar-refractivity contribution in [3.8, 4) is 0 Å². The molecular formula is C14H22N2O2S. The Labute approximate surface area is 117 Å². The maximum atomic E-state index is 12.0. The molecule has 0 saturated carbocycles. The molecule has 0 spiro atoms. The molecule has 0 aliphatic carbocycles. The molecule has 0 radical (unpaired) electrons. The fraction of sp³-hybridized carbons (Fsp3) is 0.500. The molecule has 2 N–H and O–H groups in total. The highest BCUT2D eigenvalue weighted by atomic mass is 32.2. The largest absolute Gasteiger partial charge is 0.385 e. The highest BCUT2D eigenvalue weighted by molar-refractivity contribution is 7.84. The third-order valence-corrected chi connectivity index (χ3v) is 3.55. The highest BCUT2D eigenvalue weighted by Crippen LogP contribution is 2.09. The lowest BCUT2D eigenvalue weighted by molar-refractivity contribution is 0.0939. The van der Waals surface area contributed by atoms with Gasteiger partial charge in [0.15, 0.2) is 0 Å². The zero-order valence-corrected chi connectivity index (χ0v) is 12.5. The van der Waals surface area contributed by atoms with Gasteiger partial charge in [0.1, 0.15) is 0 Å². The summed E-state index contributed by atoms with van der Waals surface area (Å²) in [6.07, 6.45) is 2.40. The van der Waals surface area contributed by atoms with Crippen molar-refractivity contribution in [2.45, 2.75) is 26.3 Å². The molecule has 1 rings (SSSR count). The monoisotopic (exact) mass is 282 g/mol. The summed E-state index contributed by atoms with van der Waals surface area (Å²) in [5.74, 6) is 0.526. The zero-order chi connectivity index (χ0) is 14.3. The summed E-state index contributed by atoms with van der Waals surface area (Å²) < 4.78 is 11.0. The standard InChI is InChI=1S/C14H22N2O2S/c1-4-15-13-7-5-12(6-8-13)14(17)16-11(2)9-10-19(3)18/h5-8,11,15H,4,9-10H2,1-3H3,(H,16,17). The fourth-order valence-electron chi connectivity index (χ4n) is 1.67. The molecular weight excluding hydrogens is 260 g/mol. The van der Waals surface area contributed by atoms with Crippen LogP contribution < -0.4 is 10.6 Å². The minimum absolute atomic E-state index is 0.0323. The van der Waals surface area contributed by atoms with E-state index in [2.05, 4.69) is 10.6 Å². The van der Waals surface area contributed by atoms with E-state index in [1.807, 2.05) is 26.0 Å². The van der Waals surface area contributed by atoms with Gasteiger partial charge in [0, 0.05) is 46.6 Å². The van der Waals surface area contributed by atoms with Gasteiger partial charge in [-0.15, -0.1) is 0 Å². The molecule has 1 aromatic rings. The molecule has 1 amide bonds. The van der Waals surface area contributed by atoms with E-state index in [0.29, 0.717) is 11.3 Å². The predicted molar refractivity (Wildman–Crippen MR) is 81.1 cm³/mol. The Morgan fingerprint density at radius 2 is 1.95 bits per heavy atom. The Morgan fingerprint density at radius 1 is 1.32 bits per heavy atom. The second-order valence-corrected chi connectivity index (χ2v) is 6.10. The number of anilines is 1. The Morgan fingerprint density at radius 3 is 2.47 bits per heavy atom. The number of carbonyl (C=O) groups excluding carboxylic acids is 1. The third-order valence-electron chi connectivity index (χ3n) is 2.74. The van der Waals surface area contributed by atoms with Crippen LogP contribution in [0.1, 0.15) is 30.6 Å². The van der Waals surface area contributed by atoms with Crippen LogP contribution in [0.2, 0.25) is 0 Å². The number of amides is 1. The van der Waals surface area contributed by atoms with E-state index in [1.54, 1.807) is 18.4 Å². The average Bonchev–Trinajstić information content (AvgIpc) is 2.37. The number of nitrogens with one attached hydrogen (secondary N) is 2. The summed E-state index contributed by atoms with van der Waals surface area (Å²) in [5, 5.41) is 6.09. The van der Waals surface area contributed by atoms with Gasteiger partial charge in [-0.25, -0.2) is 0 Å². The van der Waals surface area contributed by atoms with Crippen LogP contribution >= 0.6 is 0 Å². The molecule has 4 nitrogen and oxygen atoms in total. The Balaban J connectivity index is 2.50. The summed E-state index contributed by atoms with van der Waals surface area (Å²) in [7, 11) is -0.811. The lowest BCUT2D eigenvalue weighted by Gasteiger charge is -2.13. The van der Waals surface area contributed by atoms with Crippen molar-refractivity contribution in [3.05, 3.63) is 29.8 Å². The molecule has 0 heterocycles. The number of benzene rings is 1. The van der Waals surface area contributed by atoms with Gasteiger partial charge in [-0.05, 0) is 44.5 Å². The van der Waals surface area contributed by atoms with E-state index < -0.39 is 10.8 Å². The predicted octanol–water partition coefficient (Wildman–Crippen LogP) is 2.01. The van der Waals surface area contributed by atoms with Crippen LogP contribution in [0.5, 0.6) is 0 Å². The molecule has 1 aromatic carbocycles. The topological polar surface area (TPSA) is 58.2 Å². The first kappa shape index (κ1) is 15.7. The number of carbonyl (C=O) groups is 1. The van der Waals surface area contributed by atoms with Crippen molar-refractivity contribution in [1.29, 1.82) is 0 Å². The van der Waals surface area contributed by atoms with Gasteiger partial charge in [0.25, 0.3) is 5.91 Å². The van der Waals surface area contributed by atoms with Gasteiger partial charge in [-0.2, -0.15) is 0 Å². The van der Waals surface area contributed by atoms with E-state index in [9.17, 15) is 9.00 Å². The molecule has 106 valence electrons. The van der Waals surface area contributed by atoms with E-state index in [1.165, 1.54) is 0 Å². The van der Waals surface area contributed by atoms with Crippen molar-refractivity contribution in [2.24, 2.45) is 0 Å². The summed E-state index contributed by atoms with van der Waals surface area (Å²) >= 11 is 0. The zero-order valence-electron chi connectivity index (χ0n) is 11.7. The molecule has 0 aliphatic rings. The molecule has 0 bridgehead atoms. The first-order valence-corrected chi connectivity index (χ1v) is 8.20. The molecule has 5 heteroatoms.